The molecule has 3 aromatic rings. The van der Waals surface area contributed by atoms with Crippen LogP contribution in [0.4, 0.5) is 0 Å². The molecule has 1 aromatic heterocycles. The number of amides is 1. The molecule has 0 bridgehead atoms. The maximum atomic E-state index is 12.1. The smallest absolute Gasteiger partial charge is 0.224 e. The summed E-state index contributed by atoms with van der Waals surface area (Å²) >= 11 is 0. The van der Waals surface area contributed by atoms with Crippen molar-refractivity contribution in [2.75, 3.05) is 20.8 Å². The molecule has 2 N–H and O–H groups in total. The van der Waals surface area contributed by atoms with E-state index in [0.717, 1.165) is 28.5 Å². The number of hydrogen-bond acceptors (Lipinski definition) is 3. The number of aromatic amines is 1. The van der Waals surface area contributed by atoms with Gasteiger partial charge in [-0.2, -0.15) is 0 Å². The zero-order valence-corrected chi connectivity index (χ0v) is 14.5. The number of carbonyl (C=O) groups is 1. The third kappa shape index (κ3) is 4.12. The van der Waals surface area contributed by atoms with Gasteiger partial charge in [-0.15, -0.1) is 0 Å². The number of benzene rings is 2. The van der Waals surface area contributed by atoms with Gasteiger partial charge in [0.1, 0.15) is 0 Å². The molecule has 0 unspecified atom stereocenters. The van der Waals surface area contributed by atoms with Crippen molar-refractivity contribution in [1.29, 1.82) is 0 Å². The van der Waals surface area contributed by atoms with Gasteiger partial charge < -0.3 is 19.8 Å². The van der Waals surface area contributed by atoms with E-state index in [0.29, 0.717) is 24.5 Å². The molecule has 0 aliphatic rings. The minimum Gasteiger partial charge on any atom is -0.493 e. The first-order chi connectivity index (χ1) is 12.2. The normalized spacial score (nSPS) is 10.6. The van der Waals surface area contributed by atoms with Crippen molar-refractivity contribution in [3.8, 4) is 11.5 Å². The highest BCUT2D eigenvalue weighted by Gasteiger charge is 2.07. The van der Waals surface area contributed by atoms with Crippen LogP contribution < -0.4 is 14.8 Å². The molecule has 3 rings (SSSR count). The number of rotatable bonds is 7. The van der Waals surface area contributed by atoms with Crippen LogP contribution >= 0.6 is 0 Å². The molecule has 0 aliphatic heterocycles. The van der Waals surface area contributed by atoms with Gasteiger partial charge >= 0.3 is 0 Å². The summed E-state index contributed by atoms with van der Waals surface area (Å²) in [5.74, 6) is 1.43. The first-order valence-electron chi connectivity index (χ1n) is 8.23. The zero-order valence-electron chi connectivity index (χ0n) is 14.5. The maximum absolute atomic E-state index is 12.1. The second-order valence-electron chi connectivity index (χ2n) is 5.87. The average Bonchev–Trinajstić information content (AvgIpc) is 3.09. The second-order valence-corrected chi connectivity index (χ2v) is 5.87. The lowest BCUT2D eigenvalue weighted by atomic mass is 10.1. The molecule has 0 spiro atoms. The van der Waals surface area contributed by atoms with E-state index in [1.807, 2.05) is 48.7 Å². The fourth-order valence-corrected chi connectivity index (χ4v) is 2.84. The van der Waals surface area contributed by atoms with Crippen LogP contribution in [0.15, 0.2) is 48.7 Å². The first kappa shape index (κ1) is 16.9. The molecule has 5 nitrogen and oxygen atoms in total. The highest BCUT2D eigenvalue weighted by Crippen LogP contribution is 2.27. The van der Waals surface area contributed by atoms with Crippen LogP contribution in [0.3, 0.4) is 0 Å². The van der Waals surface area contributed by atoms with Gasteiger partial charge in [-0.1, -0.05) is 12.1 Å². The van der Waals surface area contributed by atoms with E-state index < -0.39 is 0 Å². The minimum absolute atomic E-state index is 0.0235. The first-order valence-corrected chi connectivity index (χ1v) is 8.23. The van der Waals surface area contributed by atoms with Crippen molar-refractivity contribution < 1.29 is 14.3 Å². The lowest BCUT2D eigenvalue weighted by molar-refractivity contribution is -0.120. The number of methoxy groups -OCH3 is 2. The summed E-state index contributed by atoms with van der Waals surface area (Å²) in [5, 5.41) is 4.09. The van der Waals surface area contributed by atoms with Crippen molar-refractivity contribution in [2.24, 2.45) is 0 Å². The van der Waals surface area contributed by atoms with E-state index in [-0.39, 0.29) is 5.91 Å². The Bertz CT molecular complexity index is 870. The fraction of sp³-hybridized carbons (Fsp3) is 0.250. The van der Waals surface area contributed by atoms with Crippen molar-refractivity contribution >= 4 is 16.8 Å². The van der Waals surface area contributed by atoms with E-state index in [2.05, 4.69) is 10.3 Å². The summed E-state index contributed by atoms with van der Waals surface area (Å²) in [6.07, 6.45) is 3.02. The van der Waals surface area contributed by atoms with Crippen molar-refractivity contribution in [1.82, 2.24) is 10.3 Å². The predicted molar refractivity (Wildman–Crippen MR) is 98.3 cm³/mol. The van der Waals surface area contributed by atoms with E-state index in [9.17, 15) is 4.79 Å². The summed E-state index contributed by atoms with van der Waals surface area (Å²) < 4.78 is 10.5. The predicted octanol–water partition coefficient (Wildman–Crippen LogP) is 3.09. The number of H-pyrrole nitrogens is 1. The molecule has 25 heavy (non-hydrogen) atoms. The van der Waals surface area contributed by atoms with Gasteiger partial charge in [-0.3, -0.25) is 4.79 Å². The lowest BCUT2D eigenvalue weighted by Gasteiger charge is -2.10. The summed E-state index contributed by atoms with van der Waals surface area (Å²) in [5.41, 5.74) is 3.18. The maximum Gasteiger partial charge on any atom is 0.224 e. The van der Waals surface area contributed by atoms with Crippen LogP contribution in [0.25, 0.3) is 10.9 Å². The number of ether oxygens (including phenoxy) is 2. The topological polar surface area (TPSA) is 63.3 Å². The van der Waals surface area contributed by atoms with Crippen LogP contribution in [0, 0.1) is 0 Å². The largest absolute Gasteiger partial charge is 0.493 e. The Labute approximate surface area is 147 Å². The van der Waals surface area contributed by atoms with Gasteiger partial charge in [0, 0.05) is 18.3 Å². The number of aromatic nitrogens is 1. The quantitative estimate of drug-likeness (QED) is 0.696. The van der Waals surface area contributed by atoms with Gasteiger partial charge in [0.2, 0.25) is 5.91 Å². The van der Waals surface area contributed by atoms with Crippen LogP contribution in [0.5, 0.6) is 11.5 Å². The van der Waals surface area contributed by atoms with Gasteiger partial charge in [0.15, 0.2) is 11.5 Å². The molecule has 130 valence electrons. The SMILES string of the molecule is COc1ccc(CCNC(=O)Cc2ccc3[nH]ccc3c2)cc1OC. The van der Waals surface area contributed by atoms with E-state index in [4.69, 9.17) is 9.47 Å². The highest BCUT2D eigenvalue weighted by atomic mass is 16.5. The average molecular weight is 338 g/mol. The molecule has 0 fully saturated rings. The summed E-state index contributed by atoms with van der Waals surface area (Å²) in [6, 6.07) is 13.8. The summed E-state index contributed by atoms with van der Waals surface area (Å²) in [7, 11) is 3.23. The molecule has 2 aromatic carbocycles. The van der Waals surface area contributed by atoms with Crippen LogP contribution in [0.2, 0.25) is 0 Å². The summed E-state index contributed by atoms with van der Waals surface area (Å²) in [4.78, 5) is 15.3. The standard InChI is InChI=1S/C20H22N2O3/c1-24-18-6-4-14(12-19(18)25-2)7-9-22-20(23)13-15-3-5-17-16(11-15)8-10-21-17/h3-6,8,10-12,21H,7,9,13H2,1-2H3,(H,22,23). The fourth-order valence-electron chi connectivity index (χ4n) is 2.84. The third-order valence-electron chi connectivity index (χ3n) is 4.17. The molecule has 1 amide bonds. The molecular formula is C20H22N2O3. The minimum atomic E-state index is 0.0235. The van der Waals surface area contributed by atoms with Crippen LogP contribution in [-0.4, -0.2) is 31.7 Å². The lowest BCUT2D eigenvalue weighted by Crippen LogP contribution is -2.27. The Morgan fingerprint density at radius 3 is 2.60 bits per heavy atom. The van der Waals surface area contributed by atoms with Gasteiger partial charge in [-0.05, 0) is 53.3 Å². The van der Waals surface area contributed by atoms with Crippen LogP contribution in [0.1, 0.15) is 11.1 Å². The van der Waals surface area contributed by atoms with Gasteiger partial charge in [-0.25, -0.2) is 0 Å². The monoisotopic (exact) mass is 338 g/mol. The van der Waals surface area contributed by atoms with Crippen molar-refractivity contribution in [2.45, 2.75) is 12.8 Å². The van der Waals surface area contributed by atoms with E-state index in [1.54, 1.807) is 14.2 Å². The van der Waals surface area contributed by atoms with Crippen LogP contribution in [-0.2, 0) is 17.6 Å². The highest BCUT2D eigenvalue weighted by molar-refractivity contribution is 5.83. The zero-order chi connectivity index (χ0) is 17.6. The van der Waals surface area contributed by atoms with E-state index >= 15 is 0 Å². The molecule has 0 saturated carbocycles. The Morgan fingerprint density at radius 2 is 1.80 bits per heavy atom. The molecule has 0 atom stereocenters. The Morgan fingerprint density at radius 1 is 1.00 bits per heavy atom. The molecule has 0 aliphatic carbocycles. The van der Waals surface area contributed by atoms with Crippen molar-refractivity contribution in [3.63, 3.8) is 0 Å². The Kier molecular flexibility index (Phi) is 5.23. The van der Waals surface area contributed by atoms with E-state index in [1.165, 1.54) is 0 Å². The Hall–Kier alpha value is -2.95. The number of hydrogen-bond donors (Lipinski definition) is 2. The van der Waals surface area contributed by atoms with Gasteiger partial charge in [0.25, 0.3) is 0 Å². The number of carbonyl (C=O) groups excluding carboxylic acids is 1. The van der Waals surface area contributed by atoms with Crippen molar-refractivity contribution in [3.05, 3.63) is 59.8 Å². The Balaban J connectivity index is 1.52. The van der Waals surface area contributed by atoms with Gasteiger partial charge in [0.05, 0.1) is 20.6 Å². The summed E-state index contributed by atoms with van der Waals surface area (Å²) in [6.45, 7) is 0.584. The number of fused-ring (bicyclic) bond motifs is 1. The molecule has 1 heterocycles. The molecule has 5 heteroatoms. The number of nitrogens with one attached hydrogen (secondary N) is 2. The second kappa shape index (κ2) is 7.75. The molecular weight excluding hydrogens is 316 g/mol. The molecule has 0 saturated heterocycles. The molecule has 0 radical (unpaired) electrons. The third-order valence-corrected chi connectivity index (χ3v) is 4.17.